The van der Waals surface area contributed by atoms with E-state index in [1.54, 1.807) is 9.80 Å². The van der Waals surface area contributed by atoms with Gasteiger partial charge >= 0.3 is 11.9 Å². The Hall–Kier alpha value is -3.13. The van der Waals surface area contributed by atoms with E-state index in [1.807, 2.05) is 0 Å². The number of carbonyl (C=O) groups is 1. The molecule has 0 bridgehead atoms. The summed E-state index contributed by atoms with van der Waals surface area (Å²) in [4.78, 5) is 33.0. The predicted octanol–water partition coefficient (Wildman–Crippen LogP) is 4.79. The topological polar surface area (TPSA) is 87.9 Å². The maximum atomic E-state index is 14.5. The summed E-state index contributed by atoms with van der Waals surface area (Å²) in [6, 6.07) is 4.50. The van der Waals surface area contributed by atoms with Crippen LogP contribution in [0.15, 0.2) is 46.6 Å². The largest absolute Gasteiger partial charge is 0.417 e. The molecule has 41 heavy (non-hydrogen) atoms. The molecule has 0 aliphatic carbocycles. The Bertz CT molecular complexity index is 1520. The van der Waals surface area contributed by atoms with Gasteiger partial charge in [0.1, 0.15) is 18.4 Å². The number of amides is 1. The zero-order valence-corrected chi connectivity index (χ0v) is 23.6. The summed E-state index contributed by atoms with van der Waals surface area (Å²) < 4.78 is 63.0. The molecule has 5 rings (SSSR count). The molecular formula is C27H27ClF4N4O4S. The van der Waals surface area contributed by atoms with Gasteiger partial charge in [-0.25, -0.2) is 9.18 Å². The van der Waals surface area contributed by atoms with Gasteiger partial charge < -0.3 is 19.6 Å². The number of methoxy groups -OCH3 is 1. The minimum absolute atomic E-state index is 0.110. The van der Waals surface area contributed by atoms with Gasteiger partial charge in [-0.3, -0.25) is 9.36 Å². The zero-order valence-electron chi connectivity index (χ0n) is 22.0. The lowest BCUT2D eigenvalue weighted by Crippen LogP contribution is -2.49. The van der Waals surface area contributed by atoms with Crippen molar-refractivity contribution in [2.45, 2.75) is 24.0 Å². The van der Waals surface area contributed by atoms with Gasteiger partial charge in [-0.2, -0.15) is 18.2 Å². The molecule has 1 saturated heterocycles. The number of aromatic nitrogens is 2. The van der Waals surface area contributed by atoms with Gasteiger partial charge in [-0.15, -0.1) is 11.8 Å². The van der Waals surface area contributed by atoms with Gasteiger partial charge in [-0.05, 0) is 42.0 Å². The molecule has 1 amide bonds. The number of thioether (sulfide) groups is 1. The first-order chi connectivity index (χ1) is 19.5. The number of carbonyl (C=O) groups excluding carboxylic acids is 1. The monoisotopic (exact) mass is 614 g/mol. The summed E-state index contributed by atoms with van der Waals surface area (Å²) in [5.41, 5.74) is -1.13. The van der Waals surface area contributed by atoms with Crippen LogP contribution in [0.3, 0.4) is 0 Å². The number of benzene rings is 2. The Morgan fingerprint density at radius 3 is 2.49 bits per heavy atom. The molecule has 3 heterocycles. The second kappa shape index (κ2) is 12.8. The molecule has 0 atom stereocenters. The maximum Gasteiger partial charge on any atom is 0.417 e. The Morgan fingerprint density at radius 2 is 1.90 bits per heavy atom. The lowest BCUT2D eigenvalue weighted by molar-refractivity contribution is -0.137. The van der Waals surface area contributed by atoms with Crippen molar-refractivity contribution in [3.05, 3.63) is 63.8 Å². The van der Waals surface area contributed by atoms with Crippen molar-refractivity contribution in [2.75, 3.05) is 50.7 Å². The Labute approximate surface area is 242 Å². The minimum Gasteiger partial charge on any atom is -0.371 e. The molecule has 0 saturated carbocycles. The molecule has 8 nitrogen and oxygen atoms in total. The smallest absolute Gasteiger partial charge is 0.371 e. The van der Waals surface area contributed by atoms with Crippen LogP contribution >= 0.6 is 23.4 Å². The fourth-order valence-corrected chi connectivity index (χ4v) is 6.20. The summed E-state index contributed by atoms with van der Waals surface area (Å²) >= 11 is 7.18. The number of anilines is 1. The lowest BCUT2D eigenvalue weighted by atomic mass is 9.96. The number of ether oxygens (including phenoxy) is 1. The molecule has 2 aromatic carbocycles. The van der Waals surface area contributed by atoms with Crippen LogP contribution in [0.4, 0.5) is 23.4 Å². The highest BCUT2D eigenvalue weighted by atomic mass is 35.5. The van der Waals surface area contributed by atoms with E-state index in [1.165, 1.54) is 41.6 Å². The molecule has 0 unspecified atom stereocenters. The molecule has 14 heteroatoms. The van der Waals surface area contributed by atoms with Crippen molar-refractivity contribution in [3.63, 3.8) is 0 Å². The van der Waals surface area contributed by atoms with E-state index in [9.17, 15) is 27.2 Å². The SMILES string of the molecule is C=CC(=O)N1CCN(c2nc(=O)n3c4c(c(-c5ccc(F)c(Cl)c5)c(C(F)(F)F)cc24)SCCC3)CC1.COCO. The Balaban J connectivity index is 0.000000909. The standard InChI is InChI=1S/C25H21ClF4N4O2S.C2H6O2/c1-2-19(35)32-7-9-33(10-8-32)23-15-13-16(25(28,29)30)20(14-4-5-18(27)17(26)12-14)22-21(15)34(24(36)31-23)6-3-11-37-22;1-4-2-3/h2,4-5,12-13H,1,3,6-11H2;3H,2H2,1H3. The van der Waals surface area contributed by atoms with Crippen molar-refractivity contribution in [3.8, 4) is 11.1 Å². The molecule has 2 aliphatic rings. The van der Waals surface area contributed by atoms with E-state index in [2.05, 4.69) is 16.3 Å². The Kier molecular flexibility index (Phi) is 9.62. The first-order valence-corrected chi connectivity index (χ1v) is 13.9. The number of aliphatic hydroxyl groups excluding tert-OH is 1. The molecule has 1 N–H and O–H groups in total. The summed E-state index contributed by atoms with van der Waals surface area (Å²) in [5, 5.41) is 7.56. The number of hydrogen-bond acceptors (Lipinski definition) is 7. The van der Waals surface area contributed by atoms with Crippen molar-refractivity contribution >= 4 is 46.0 Å². The lowest BCUT2D eigenvalue weighted by Gasteiger charge is -2.35. The highest BCUT2D eigenvalue weighted by Gasteiger charge is 2.38. The average Bonchev–Trinajstić information content (AvgIpc) is 3.19. The summed E-state index contributed by atoms with van der Waals surface area (Å²) in [6.07, 6.45) is -2.98. The Morgan fingerprint density at radius 1 is 1.22 bits per heavy atom. The van der Waals surface area contributed by atoms with E-state index in [4.69, 9.17) is 16.7 Å². The number of aliphatic hydroxyl groups is 1. The molecular weight excluding hydrogens is 588 g/mol. The predicted molar refractivity (Wildman–Crippen MR) is 150 cm³/mol. The van der Waals surface area contributed by atoms with Crippen molar-refractivity contribution in [2.24, 2.45) is 0 Å². The highest BCUT2D eigenvalue weighted by Crippen LogP contribution is 2.48. The normalized spacial score (nSPS) is 15.3. The number of nitrogens with zero attached hydrogens (tertiary/aromatic N) is 4. The second-order valence-electron chi connectivity index (χ2n) is 9.16. The van der Waals surface area contributed by atoms with Crippen molar-refractivity contribution in [1.29, 1.82) is 0 Å². The number of halogens is 5. The van der Waals surface area contributed by atoms with Crippen LogP contribution in [-0.4, -0.2) is 71.3 Å². The molecule has 1 fully saturated rings. The fourth-order valence-electron chi connectivity index (χ4n) is 4.81. The van der Waals surface area contributed by atoms with Gasteiger partial charge in [0.15, 0.2) is 0 Å². The third-order valence-corrected chi connectivity index (χ3v) is 8.15. The molecule has 1 aromatic heterocycles. The van der Waals surface area contributed by atoms with Crippen LogP contribution in [0, 0.1) is 5.82 Å². The average molecular weight is 615 g/mol. The van der Waals surface area contributed by atoms with E-state index in [0.717, 1.165) is 12.1 Å². The maximum absolute atomic E-state index is 14.5. The fraction of sp³-hybridized carbons (Fsp3) is 0.370. The van der Waals surface area contributed by atoms with Crippen LogP contribution < -0.4 is 10.6 Å². The van der Waals surface area contributed by atoms with Crippen LogP contribution in [0.1, 0.15) is 12.0 Å². The molecule has 3 aromatic rings. The molecule has 0 spiro atoms. The van der Waals surface area contributed by atoms with Gasteiger partial charge in [0, 0.05) is 55.7 Å². The summed E-state index contributed by atoms with van der Waals surface area (Å²) in [6.45, 7) is 4.84. The third-order valence-electron chi connectivity index (χ3n) is 6.68. The summed E-state index contributed by atoms with van der Waals surface area (Å²) in [5.74, 6) is -0.341. The first kappa shape index (κ1) is 30.8. The van der Waals surface area contributed by atoms with E-state index in [-0.39, 0.29) is 44.9 Å². The third kappa shape index (κ3) is 6.37. The number of hydrogen-bond donors (Lipinski definition) is 1. The molecule has 0 radical (unpaired) electrons. The van der Waals surface area contributed by atoms with Gasteiger partial charge in [0.25, 0.3) is 0 Å². The number of rotatable bonds is 4. The number of aryl methyl sites for hydroxylation is 1. The number of alkyl halides is 3. The van der Waals surface area contributed by atoms with Crippen LogP contribution in [0.25, 0.3) is 22.0 Å². The number of piperazine rings is 1. The van der Waals surface area contributed by atoms with Gasteiger partial charge in [0.05, 0.1) is 16.1 Å². The molecule has 2 aliphatic heterocycles. The van der Waals surface area contributed by atoms with Gasteiger partial charge in [0.2, 0.25) is 5.91 Å². The van der Waals surface area contributed by atoms with Crippen molar-refractivity contribution < 1.29 is 32.2 Å². The summed E-state index contributed by atoms with van der Waals surface area (Å²) in [7, 11) is 1.43. The highest BCUT2D eigenvalue weighted by molar-refractivity contribution is 7.99. The van der Waals surface area contributed by atoms with E-state index >= 15 is 0 Å². The minimum atomic E-state index is -4.75. The van der Waals surface area contributed by atoms with Crippen LogP contribution in [0.5, 0.6) is 0 Å². The quantitative estimate of drug-likeness (QED) is 0.257. The van der Waals surface area contributed by atoms with Crippen LogP contribution in [0.2, 0.25) is 5.02 Å². The van der Waals surface area contributed by atoms with E-state index < -0.39 is 23.2 Å². The first-order valence-electron chi connectivity index (χ1n) is 12.5. The van der Waals surface area contributed by atoms with Crippen LogP contribution in [-0.2, 0) is 22.3 Å². The van der Waals surface area contributed by atoms with Gasteiger partial charge in [-0.1, -0.05) is 24.2 Å². The molecule has 220 valence electrons. The van der Waals surface area contributed by atoms with Crippen molar-refractivity contribution in [1.82, 2.24) is 14.5 Å². The zero-order chi connectivity index (χ0) is 29.9. The second-order valence-corrected chi connectivity index (χ2v) is 10.7. The van der Waals surface area contributed by atoms with E-state index in [0.29, 0.717) is 50.4 Å².